The Kier molecular flexibility index (Phi) is 5.44. The minimum absolute atomic E-state index is 0.0404. The lowest BCUT2D eigenvalue weighted by molar-refractivity contribution is -0.0441. The molecule has 0 heterocycles. The third-order valence-corrected chi connectivity index (χ3v) is 5.23. The quantitative estimate of drug-likeness (QED) is 0.496. The maximum absolute atomic E-state index is 12.8. The molecule has 0 aliphatic heterocycles. The van der Waals surface area contributed by atoms with Crippen LogP contribution in [0, 0.1) is 0 Å². The van der Waals surface area contributed by atoms with Crippen molar-refractivity contribution in [2.45, 2.75) is 11.4 Å². The summed E-state index contributed by atoms with van der Waals surface area (Å²) in [5.41, 5.74) is -6.02. The third-order valence-electron chi connectivity index (χ3n) is 1.27. The number of halogens is 5. The standard InChI is InChI=1S/C4H6F5NO6S3/c5-3(6,1-17(11)12)2-18(13,14)10-19(15,16)4(7,8)9/h10H,1-2H2,(H,11,12)/p-1. The van der Waals surface area contributed by atoms with Crippen molar-refractivity contribution >= 4 is 31.1 Å². The zero-order valence-electron chi connectivity index (χ0n) is 8.48. The summed E-state index contributed by atoms with van der Waals surface area (Å²) in [5, 5.41) is 0. The number of nitrogens with one attached hydrogen (secondary N) is 1. The van der Waals surface area contributed by atoms with E-state index in [1.165, 1.54) is 0 Å². The highest BCUT2D eigenvalue weighted by Gasteiger charge is 2.49. The van der Waals surface area contributed by atoms with Gasteiger partial charge in [0.25, 0.3) is 5.92 Å². The van der Waals surface area contributed by atoms with Gasteiger partial charge < -0.3 is 4.55 Å². The second kappa shape index (κ2) is 5.55. The van der Waals surface area contributed by atoms with Gasteiger partial charge in [-0.2, -0.15) is 13.2 Å². The fourth-order valence-corrected chi connectivity index (χ4v) is 3.92. The molecule has 0 saturated carbocycles. The number of sulfonamides is 2. The van der Waals surface area contributed by atoms with Crippen LogP contribution < -0.4 is 4.13 Å². The van der Waals surface area contributed by atoms with Crippen LogP contribution in [0.3, 0.4) is 0 Å². The summed E-state index contributed by atoms with van der Waals surface area (Å²) >= 11 is -3.37. The zero-order valence-corrected chi connectivity index (χ0v) is 10.9. The largest absolute Gasteiger partial charge is 0.772 e. The molecule has 1 N–H and O–H groups in total. The molecule has 0 spiro atoms. The molecule has 0 rings (SSSR count). The van der Waals surface area contributed by atoms with E-state index in [9.17, 15) is 47.5 Å². The fourth-order valence-electron chi connectivity index (χ4n) is 0.736. The first kappa shape index (κ1) is 18.6. The Hall–Kier alpha value is -0.380. The lowest BCUT2D eigenvalue weighted by Gasteiger charge is -2.18. The lowest BCUT2D eigenvalue weighted by Crippen LogP contribution is -2.45. The van der Waals surface area contributed by atoms with Gasteiger partial charge in [0.05, 0.1) is 5.75 Å². The Morgan fingerprint density at radius 1 is 1.05 bits per heavy atom. The Morgan fingerprint density at radius 2 is 1.47 bits per heavy atom. The van der Waals surface area contributed by atoms with E-state index >= 15 is 0 Å². The number of hydrogen-bond acceptors (Lipinski definition) is 6. The molecule has 116 valence electrons. The smallest absolute Gasteiger partial charge is 0.512 e. The van der Waals surface area contributed by atoms with E-state index < -0.39 is 54.1 Å². The number of rotatable bonds is 6. The molecule has 0 fully saturated rings. The maximum atomic E-state index is 12.8. The molecular weight excluding hydrogens is 349 g/mol. The van der Waals surface area contributed by atoms with E-state index in [2.05, 4.69) is 0 Å². The van der Waals surface area contributed by atoms with Crippen LogP contribution in [0.15, 0.2) is 0 Å². The molecule has 1 unspecified atom stereocenters. The first-order chi connectivity index (χ1) is 8.08. The van der Waals surface area contributed by atoms with Crippen molar-refractivity contribution in [2.75, 3.05) is 11.5 Å². The minimum Gasteiger partial charge on any atom is -0.772 e. The van der Waals surface area contributed by atoms with E-state index in [4.69, 9.17) is 0 Å². The molecule has 0 aliphatic carbocycles. The summed E-state index contributed by atoms with van der Waals surface area (Å²) < 4.78 is 123. The van der Waals surface area contributed by atoms with E-state index in [1.807, 2.05) is 0 Å². The van der Waals surface area contributed by atoms with Crippen molar-refractivity contribution in [3.8, 4) is 0 Å². The van der Waals surface area contributed by atoms with E-state index in [0.717, 1.165) is 0 Å². The lowest BCUT2D eigenvalue weighted by atomic mass is 10.5. The molecule has 1 atom stereocenters. The predicted molar refractivity (Wildman–Crippen MR) is 50.6 cm³/mol. The molecule has 15 heteroatoms. The molecule has 0 radical (unpaired) electrons. The van der Waals surface area contributed by atoms with E-state index in [1.54, 1.807) is 0 Å². The average molecular weight is 354 g/mol. The molecule has 0 saturated heterocycles. The van der Waals surface area contributed by atoms with Gasteiger partial charge in [-0.3, -0.25) is 4.21 Å². The first-order valence-corrected chi connectivity index (χ1v) is 8.22. The number of alkyl halides is 5. The molecular formula is C4H5F5NO6S3-. The normalized spacial score (nSPS) is 16.3. The maximum Gasteiger partial charge on any atom is 0.512 e. The third kappa shape index (κ3) is 6.55. The van der Waals surface area contributed by atoms with Crippen LogP contribution in [0.2, 0.25) is 0 Å². The SMILES string of the molecule is O=S([O-])CC(F)(F)CS(=O)(=O)NS(=O)(=O)C(F)(F)F. The summed E-state index contributed by atoms with van der Waals surface area (Å²) in [6, 6.07) is 0. The van der Waals surface area contributed by atoms with Gasteiger partial charge in [0.2, 0.25) is 10.0 Å². The Morgan fingerprint density at radius 3 is 1.79 bits per heavy atom. The molecule has 0 aliphatic rings. The van der Waals surface area contributed by atoms with Gasteiger partial charge in [0, 0.05) is 0 Å². The first-order valence-electron chi connectivity index (χ1n) is 3.84. The van der Waals surface area contributed by atoms with Crippen LogP contribution in [0.5, 0.6) is 0 Å². The molecule has 19 heavy (non-hydrogen) atoms. The van der Waals surface area contributed by atoms with E-state index in [0.29, 0.717) is 0 Å². The Labute approximate surface area is 106 Å². The minimum atomic E-state index is -6.38. The van der Waals surface area contributed by atoms with Gasteiger partial charge in [-0.1, -0.05) is 0 Å². The summed E-state index contributed by atoms with van der Waals surface area (Å²) in [4.78, 5) is 0. The summed E-state index contributed by atoms with van der Waals surface area (Å²) in [6.07, 6.45) is 0. The number of hydrogen-bond donors (Lipinski definition) is 1. The van der Waals surface area contributed by atoms with Crippen molar-refractivity contribution in [2.24, 2.45) is 0 Å². The summed E-state index contributed by atoms with van der Waals surface area (Å²) in [6.45, 7) is 0. The highest BCUT2D eigenvalue weighted by Crippen LogP contribution is 2.23. The molecule has 0 bridgehead atoms. The highest BCUT2D eigenvalue weighted by atomic mass is 32.3. The molecule has 0 amide bonds. The molecule has 0 aromatic carbocycles. The predicted octanol–water partition coefficient (Wildman–Crippen LogP) is -0.730. The van der Waals surface area contributed by atoms with Crippen LogP contribution in [0.25, 0.3) is 0 Å². The topological polar surface area (TPSA) is 120 Å². The van der Waals surface area contributed by atoms with Crippen LogP contribution >= 0.6 is 0 Å². The monoisotopic (exact) mass is 354 g/mol. The fraction of sp³-hybridized carbons (Fsp3) is 1.00. The van der Waals surface area contributed by atoms with Gasteiger partial charge in [-0.25, -0.2) is 25.6 Å². The summed E-state index contributed by atoms with van der Waals surface area (Å²) in [7, 11) is -12.0. The van der Waals surface area contributed by atoms with Gasteiger partial charge in [-0.15, -0.1) is 4.13 Å². The van der Waals surface area contributed by atoms with Crippen molar-refractivity contribution in [1.29, 1.82) is 0 Å². The Balaban J connectivity index is 5.10. The van der Waals surface area contributed by atoms with Crippen LogP contribution in [0.4, 0.5) is 22.0 Å². The van der Waals surface area contributed by atoms with Gasteiger partial charge in [0.15, 0.2) is 0 Å². The van der Waals surface area contributed by atoms with Crippen molar-refractivity contribution < 1.29 is 47.5 Å². The van der Waals surface area contributed by atoms with Crippen molar-refractivity contribution in [3.63, 3.8) is 0 Å². The van der Waals surface area contributed by atoms with Gasteiger partial charge in [0.1, 0.15) is 5.75 Å². The molecule has 7 nitrogen and oxygen atoms in total. The van der Waals surface area contributed by atoms with Crippen LogP contribution in [0.1, 0.15) is 0 Å². The zero-order chi connectivity index (χ0) is 15.7. The van der Waals surface area contributed by atoms with Crippen molar-refractivity contribution in [1.82, 2.24) is 4.13 Å². The molecule has 0 aromatic rings. The van der Waals surface area contributed by atoms with Gasteiger partial charge in [-0.05, 0) is 11.1 Å². The van der Waals surface area contributed by atoms with Crippen LogP contribution in [-0.4, -0.2) is 48.5 Å². The second-order valence-electron chi connectivity index (χ2n) is 3.10. The van der Waals surface area contributed by atoms with E-state index in [-0.39, 0.29) is 4.13 Å². The second-order valence-corrected chi connectivity index (χ2v) is 7.65. The van der Waals surface area contributed by atoms with Gasteiger partial charge >= 0.3 is 15.5 Å². The van der Waals surface area contributed by atoms with Crippen molar-refractivity contribution in [3.05, 3.63) is 0 Å². The molecule has 0 aromatic heterocycles. The average Bonchev–Trinajstić information content (AvgIpc) is 1.91. The van der Waals surface area contributed by atoms with Crippen LogP contribution in [-0.2, 0) is 31.1 Å². The Bertz CT molecular complexity index is 550. The summed E-state index contributed by atoms with van der Waals surface area (Å²) in [5.74, 6) is -8.86. The highest BCUT2D eigenvalue weighted by molar-refractivity contribution is 8.05.